The molecule has 1 aliphatic carbocycles. The lowest BCUT2D eigenvalue weighted by Gasteiger charge is -2.49. The molecule has 0 unspecified atom stereocenters. The van der Waals surface area contributed by atoms with Gasteiger partial charge in [0.05, 0.1) is 13.0 Å². The zero-order chi connectivity index (χ0) is 21.7. The van der Waals surface area contributed by atoms with E-state index in [0.29, 0.717) is 17.9 Å². The fraction of sp³-hybridized carbons (Fsp3) is 0.720. The molecule has 4 nitrogen and oxygen atoms in total. The molecule has 3 rings (SSSR count). The van der Waals surface area contributed by atoms with E-state index in [1.807, 2.05) is 37.1 Å². The number of hydrogen-bond donors (Lipinski definition) is 0. The van der Waals surface area contributed by atoms with E-state index in [0.717, 1.165) is 74.6 Å². The van der Waals surface area contributed by atoms with Gasteiger partial charge in [0.1, 0.15) is 0 Å². The minimum absolute atomic E-state index is 0.191. The second-order valence-electron chi connectivity index (χ2n) is 9.48. The van der Waals surface area contributed by atoms with E-state index in [1.54, 1.807) is 0 Å². The number of carbonyl (C=O) groups is 1. The molecule has 0 radical (unpaired) electrons. The van der Waals surface area contributed by atoms with Crippen molar-refractivity contribution in [2.45, 2.75) is 77.8 Å². The van der Waals surface area contributed by atoms with Gasteiger partial charge in [-0.05, 0) is 81.1 Å². The Labute approximate surface area is 187 Å². The molecule has 1 aliphatic heterocycles. The Morgan fingerprint density at radius 3 is 2.53 bits per heavy atom. The summed E-state index contributed by atoms with van der Waals surface area (Å²) >= 11 is 6.29. The normalized spacial score (nSPS) is 26.5. The zero-order valence-electron chi connectivity index (χ0n) is 19.3. The lowest BCUT2D eigenvalue weighted by molar-refractivity contribution is -0.134. The van der Waals surface area contributed by atoms with Crippen molar-refractivity contribution < 1.29 is 9.53 Å². The molecule has 1 saturated carbocycles. The highest BCUT2D eigenvalue weighted by Crippen LogP contribution is 2.45. The van der Waals surface area contributed by atoms with E-state index in [4.69, 9.17) is 16.3 Å². The smallest absolute Gasteiger partial charge is 0.227 e. The summed E-state index contributed by atoms with van der Waals surface area (Å²) < 4.78 is 5.82. The van der Waals surface area contributed by atoms with Gasteiger partial charge in [-0.2, -0.15) is 0 Å². The molecular formula is C25H39ClN2O2. The molecule has 0 bridgehead atoms. The Kier molecular flexibility index (Phi) is 8.23. The van der Waals surface area contributed by atoms with Gasteiger partial charge in [-0.25, -0.2) is 0 Å². The molecule has 1 saturated heterocycles. The largest absolute Gasteiger partial charge is 0.381 e. The topological polar surface area (TPSA) is 32.8 Å². The van der Waals surface area contributed by atoms with Crippen LogP contribution in [0.3, 0.4) is 0 Å². The molecule has 2 aliphatic rings. The van der Waals surface area contributed by atoms with Crippen LogP contribution in [0.15, 0.2) is 18.2 Å². The maximum atomic E-state index is 13.2. The third kappa shape index (κ3) is 5.38. The molecule has 2 fully saturated rings. The number of halogens is 1. The fourth-order valence-electron chi connectivity index (χ4n) is 5.41. The van der Waals surface area contributed by atoms with Gasteiger partial charge in [-0.1, -0.05) is 37.6 Å². The highest BCUT2D eigenvalue weighted by Gasteiger charge is 2.46. The van der Waals surface area contributed by atoms with Crippen LogP contribution >= 0.6 is 11.6 Å². The number of hydrogen-bond acceptors (Lipinski definition) is 3. The third-order valence-corrected chi connectivity index (χ3v) is 7.62. The first kappa shape index (κ1) is 23.6. The predicted molar refractivity (Wildman–Crippen MR) is 124 cm³/mol. The molecular weight excluding hydrogens is 396 g/mol. The van der Waals surface area contributed by atoms with Crippen molar-refractivity contribution in [1.82, 2.24) is 9.80 Å². The maximum absolute atomic E-state index is 13.2. The molecule has 5 heteroatoms. The van der Waals surface area contributed by atoms with Gasteiger partial charge < -0.3 is 9.64 Å². The molecule has 1 amide bonds. The molecule has 1 aromatic rings. The Bertz CT molecular complexity index is 711. The summed E-state index contributed by atoms with van der Waals surface area (Å²) in [6.45, 7) is 10.5. The second-order valence-corrected chi connectivity index (χ2v) is 9.89. The average Bonchev–Trinajstić information content (AvgIpc) is 3.18. The van der Waals surface area contributed by atoms with Gasteiger partial charge in [0.2, 0.25) is 5.91 Å². The van der Waals surface area contributed by atoms with Crippen LogP contribution in [-0.4, -0.2) is 61.1 Å². The number of nitrogens with zero attached hydrogens (tertiary/aromatic N) is 2. The maximum Gasteiger partial charge on any atom is 0.227 e. The highest BCUT2D eigenvalue weighted by atomic mass is 35.5. The number of aryl methyl sites for hydroxylation is 1. The van der Waals surface area contributed by atoms with Crippen LogP contribution in [0.25, 0.3) is 0 Å². The standard InChI is InChI=1S/C25H39ClN2O2/c1-5-12-28(13-6-2)23-17-25(11-14-30-18-25)10-9-22(23)27(4)24(29)16-20-8-7-19(3)21(26)15-20/h7-8,15,22-23H,5-6,9-14,16-18H2,1-4H3/t22-,23-,25+/m1/s1. The molecule has 30 heavy (non-hydrogen) atoms. The highest BCUT2D eigenvalue weighted by molar-refractivity contribution is 6.31. The molecule has 3 atom stereocenters. The van der Waals surface area contributed by atoms with Crippen LogP contribution in [0, 0.1) is 12.3 Å². The quantitative estimate of drug-likeness (QED) is 0.570. The number of ether oxygens (including phenoxy) is 1. The Morgan fingerprint density at radius 1 is 1.20 bits per heavy atom. The van der Waals surface area contributed by atoms with Crippen molar-refractivity contribution in [3.63, 3.8) is 0 Å². The molecule has 1 heterocycles. The van der Waals surface area contributed by atoms with E-state index >= 15 is 0 Å². The molecule has 0 aromatic heterocycles. The van der Waals surface area contributed by atoms with Crippen molar-refractivity contribution in [3.8, 4) is 0 Å². The van der Waals surface area contributed by atoms with Crippen LogP contribution in [0.4, 0.5) is 0 Å². The van der Waals surface area contributed by atoms with Crippen molar-refractivity contribution >= 4 is 17.5 Å². The molecule has 168 valence electrons. The number of amides is 1. The Morgan fingerprint density at radius 2 is 1.93 bits per heavy atom. The van der Waals surface area contributed by atoms with Crippen LogP contribution in [0.5, 0.6) is 0 Å². The van der Waals surface area contributed by atoms with Crippen LogP contribution < -0.4 is 0 Å². The van der Waals surface area contributed by atoms with Crippen LogP contribution in [-0.2, 0) is 16.0 Å². The summed E-state index contributed by atoms with van der Waals surface area (Å²) in [6.07, 6.45) is 7.24. The number of carbonyl (C=O) groups excluding carboxylic acids is 1. The summed E-state index contributed by atoms with van der Waals surface area (Å²) in [7, 11) is 2.01. The average molecular weight is 435 g/mol. The van der Waals surface area contributed by atoms with Crippen LogP contribution in [0.1, 0.15) is 63.5 Å². The van der Waals surface area contributed by atoms with E-state index in [2.05, 4.69) is 18.7 Å². The van der Waals surface area contributed by atoms with Crippen molar-refractivity contribution in [3.05, 3.63) is 34.3 Å². The minimum Gasteiger partial charge on any atom is -0.381 e. The number of rotatable bonds is 8. The lowest BCUT2D eigenvalue weighted by atomic mass is 9.69. The van der Waals surface area contributed by atoms with Gasteiger partial charge in [-0.15, -0.1) is 0 Å². The summed E-state index contributed by atoms with van der Waals surface area (Å²) in [5, 5.41) is 0.735. The SMILES string of the molecule is CCCN(CCC)[C@@H]1C[C@@]2(CCOC2)CC[C@H]1N(C)C(=O)Cc1ccc(C)c(Cl)c1. The van der Waals surface area contributed by atoms with Crippen molar-refractivity contribution in [2.75, 3.05) is 33.4 Å². The summed E-state index contributed by atoms with van der Waals surface area (Å²) in [5.74, 6) is 0.191. The summed E-state index contributed by atoms with van der Waals surface area (Å²) in [5.41, 5.74) is 2.36. The Balaban J connectivity index is 1.77. The third-order valence-electron chi connectivity index (χ3n) is 7.21. The van der Waals surface area contributed by atoms with Gasteiger partial charge >= 0.3 is 0 Å². The van der Waals surface area contributed by atoms with Gasteiger partial charge in [0.15, 0.2) is 0 Å². The van der Waals surface area contributed by atoms with Crippen molar-refractivity contribution in [2.24, 2.45) is 5.41 Å². The van der Waals surface area contributed by atoms with Gasteiger partial charge in [-0.3, -0.25) is 9.69 Å². The lowest BCUT2D eigenvalue weighted by Crippen LogP contribution is -2.57. The van der Waals surface area contributed by atoms with E-state index in [9.17, 15) is 4.79 Å². The molecule has 1 aromatic carbocycles. The van der Waals surface area contributed by atoms with Gasteiger partial charge in [0, 0.05) is 30.8 Å². The van der Waals surface area contributed by atoms with E-state index < -0.39 is 0 Å². The summed E-state index contributed by atoms with van der Waals surface area (Å²) in [6, 6.07) is 6.64. The first-order valence-corrected chi connectivity index (χ1v) is 12.1. The van der Waals surface area contributed by atoms with Crippen LogP contribution in [0.2, 0.25) is 5.02 Å². The summed E-state index contributed by atoms with van der Waals surface area (Å²) in [4.78, 5) is 17.9. The predicted octanol–water partition coefficient (Wildman–Crippen LogP) is 5.10. The molecule has 0 N–H and O–H groups in total. The monoisotopic (exact) mass is 434 g/mol. The zero-order valence-corrected chi connectivity index (χ0v) is 20.0. The number of likely N-dealkylation sites (N-methyl/N-ethyl adjacent to an activating group) is 1. The second kappa shape index (κ2) is 10.5. The first-order chi connectivity index (χ1) is 14.4. The Hall–Kier alpha value is -1.10. The van der Waals surface area contributed by atoms with Crippen molar-refractivity contribution in [1.29, 1.82) is 0 Å². The fourth-order valence-corrected chi connectivity index (χ4v) is 5.61. The molecule has 1 spiro atoms. The van der Waals surface area contributed by atoms with Gasteiger partial charge in [0.25, 0.3) is 0 Å². The van der Waals surface area contributed by atoms with E-state index in [1.165, 1.54) is 6.42 Å². The minimum atomic E-state index is 0.191. The first-order valence-electron chi connectivity index (χ1n) is 11.7. The number of benzene rings is 1. The van der Waals surface area contributed by atoms with E-state index in [-0.39, 0.29) is 11.9 Å².